The van der Waals surface area contributed by atoms with Crippen LogP contribution in [0.15, 0.2) is 23.2 Å². The molecular weight excluding hydrogens is 402 g/mol. The van der Waals surface area contributed by atoms with Crippen LogP contribution in [0.2, 0.25) is 0 Å². The van der Waals surface area contributed by atoms with Crippen LogP contribution in [0.3, 0.4) is 0 Å². The molecule has 0 atom stereocenters. The van der Waals surface area contributed by atoms with Crippen molar-refractivity contribution in [3.8, 4) is 5.75 Å². The standard InChI is InChI=1S/C22H25N3O4S/c26-18-11-10-14(12-17(18)25(28)29)13-23-22-20(16-8-4-5-9-19(16)30-22)21(27)24-15-6-2-1-3-7-15/h10-13,15,26H,1-9H2,(H,24,27). The number of phenols is 1. The second kappa shape index (κ2) is 8.95. The predicted octanol–water partition coefficient (Wildman–Crippen LogP) is 5.05. The molecule has 8 heteroatoms. The Morgan fingerprint density at radius 1 is 1.20 bits per heavy atom. The van der Waals surface area contributed by atoms with Gasteiger partial charge in [-0.25, -0.2) is 4.99 Å². The number of nitrogens with one attached hydrogen (secondary N) is 1. The lowest BCUT2D eigenvalue weighted by Gasteiger charge is -2.23. The van der Waals surface area contributed by atoms with Crippen LogP contribution in [0.25, 0.3) is 0 Å². The van der Waals surface area contributed by atoms with Gasteiger partial charge in [0, 0.05) is 23.2 Å². The third-order valence-electron chi connectivity index (χ3n) is 5.85. The second-order valence-corrected chi connectivity index (χ2v) is 9.05. The van der Waals surface area contributed by atoms with E-state index in [9.17, 15) is 20.0 Å². The number of hydrogen-bond acceptors (Lipinski definition) is 6. The number of aryl methyl sites for hydroxylation is 1. The first-order valence-electron chi connectivity index (χ1n) is 10.5. The summed E-state index contributed by atoms with van der Waals surface area (Å²) in [7, 11) is 0. The molecule has 1 aromatic carbocycles. The van der Waals surface area contributed by atoms with Gasteiger partial charge >= 0.3 is 5.69 Å². The third kappa shape index (κ3) is 4.38. The molecule has 7 nitrogen and oxygen atoms in total. The molecule has 2 aliphatic carbocycles. The number of amides is 1. The lowest BCUT2D eigenvalue weighted by Crippen LogP contribution is -2.36. The van der Waals surface area contributed by atoms with Crippen LogP contribution in [0.1, 0.15) is 71.3 Å². The third-order valence-corrected chi connectivity index (χ3v) is 7.05. The number of phenolic OH excluding ortho intramolecular Hbond substituents is 1. The highest BCUT2D eigenvalue weighted by Gasteiger charge is 2.27. The zero-order chi connectivity index (χ0) is 21.1. The number of rotatable bonds is 5. The molecule has 4 rings (SSSR count). The minimum absolute atomic E-state index is 0.0508. The van der Waals surface area contributed by atoms with Gasteiger partial charge in [0.15, 0.2) is 5.75 Å². The molecule has 2 N–H and O–H groups in total. The van der Waals surface area contributed by atoms with Crippen LogP contribution in [-0.2, 0) is 12.8 Å². The Bertz CT molecular complexity index is 993. The molecule has 1 aromatic heterocycles. The summed E-state index contributed by atoms with van der Waals surface area (Å²) in [4.78, 5) is 29.4. The van der Waals surface area contributed by atoms with E-state index in [4.69, 9.17) is 0 Å². The normalized spacial score (nSPS) is 17.1. The molecule has 1 fully saturated rings. The lowest BCUT2D eigenvalue weighted by atomic mass is 9.93. The van der Waals surface area contributed by atoms with Crippen molar-refractivity contribution in [3.05, 3.63) is 49.9 Å². The number of aliphatic imine (C=N–C) groups is 1. The van der Waals surface area contributed by atoms with Gasteiger partial charge < -0.3 is 10.4 Å². The van der Waals surface area contributed by atoms with Crippen LogP contribution in [0, 0.1) is 10.1 Å². The zero-order valence-electron chi connectivity index (χ0n) is 16.7. The van der Waals surface area contributed by atoms with E-state index in [2.05, 4.69) is 10.3 Å². The predicted molar refractivity (Wildman–Crippen MR) is 117 cm³/mol. The Morgan fingerprint density at radius 3 is 2.73 bits per heavy atom. The van der Waals surface area contributed by atoms with Gasteiger partial charge in [0.05, 0.1) is 10.5 Å². The van der Waals surface area contributed by atoms with Gasteiger partial charge in [-0.2, -0.15) is 0 Å². The maximum atomic E-state index is 13.2. The fourth-order valence-corrected chi connectivity index (χ4v) is 5.51. The van der Waals surface area contributed by atoms with Crippen molar-refractivity contribution in [2.75, 3.05) is 0 Å². The van der Waals surface area contributed by atoms with Gasteiger partial charge in [0.1, 0.15) is 5.00 Å². The van der Waals surface area contributed by atoms with Gasteiger partial charge in [-0.05, 0) is 61.8 Å². The molecule has 158 valence electrons. The Morgan fingerprint density at radius 2 is 1.97 bits per heavy atom. The number of nitro benzene ring substituents is 1. The molecule has 0 aliphatic heterocycles. The van der Waals surface area contributed by atoms with E-state index >= 15 is 0 Å². The highest BCUT2D eigenvalue weighted by molar-refractivity contribution is 7.16. The quantitative estimate of drug-likeness (QED) is 0.395. The Labute approximate surface area is 179 Å². The number of carbonyl (C=O) groups excluding carboxylic acids is 1. The largest absolute Gasteiger partial charge is 0.502 e. The van der Waals surface area contributed by atoms with Crippen molar-refractivity contribution < 1.29 is 14.8 Å². The van der Waals surface area contributed by atoms with E-state index in [0.29, 0.717) is 16.1 Å². The number of aromatic hydroxyl groups is 1. The molecule has 2 aliphatic rings. The lowest BCUT2D eigenvalue weighted by molar-refractivity contribution is -0.385. The van der Waals surface area contributed by atoms with Crippen LogP contribution in [0.4, 0.5) is 10.7 Å². The summed E-state index contributed by atoms with van der Waals surface area (Å²) in [6.45, 7) is 0. The Kier molecular flexibility index (Phi) is 6.13. The molecule has 1 heterocycles. The second-order valence-electron chi connectivity index (χ2n) is 7.96. The summed E-state index contributed by atoms with van der Waals surface area (Å²) in [6, 6.07) is 4.37. The first-order chi connectivity index (χ1) is 14.5. The molecule has 0 radical (unpaired) electrons. The van der Waals surface area contributed by atoms with Gasteiger partial charge in [-0.15, -0.1) is 11.3 Å². The molecule has 0 unspecified atom stereocenters. The first kappa shape index (κ1) is 20.5. The number of hydrogen-bond donors (Lipinski definition) is 2. The Hall–Kier alpha value is -2.74. The monoisotopic (exact) mass is 427 g/mol. The summed E-state index contributed by atoms with van der Waals surface area (Å²) >= 11 is 1.54. The Balaban J connectivity index is 1.63. The maximum absolute atomic E-state index is 13.2. The molecule has 1 amide bonds. The van der Waals surface area contributed by atoms with E-state index in [-0.39, 0.29) is 23.4 Å². The average molecular weight is 428 g/mol. The number of nitrogens with zero attached hydrogens (tertiary/aromatic N) is 2. The minimum Gasteiger partial charge on any atom is -0.502 e. The van der Waals surface area contributed by atoms with Crippen LogP contribution >= 0.6 is 11.3 Å². The molecule has 0 saturated heterocycles. The zero-order valence-corrected chi connectivity index (χ0v) is 17.5. The van der Waals surface area contributed by atoms with Gasteiger partial charge in [0.25, 0.3) is 5.91 Å². The van der Waals surface area contributed by atoms with Crippen molar-refractivity contribution in [2.24, 2.45) is 4.99 Å². The minimum atomic E-state index is -0.625. The highest BCUT2D eigenvalue weighted by Crippen LogP contribution is 2.40. The van der Waals surface area contributed by atoms with Crippen LogP contribution in [-0.4, -0.2) is 28.2 Å². The molecule has 0 bridgehead atoms. The average Bonchev–Trinajstić information content (AvgIpc) is 3.12. The van der Waals surface area contributed by atoms with Crippen molar-refractivity contribution in [2.45, 2.75) is 63.8 Å². The number of thiophene rings is 1. The fraction of sp³-hybridized carbons (Fsp3) is 0.455. The number of nitro groups is 1. The van der Waals surface area contributed by atoms with Crippen molar-refractivity contribution in [1.82, 2.24) is 5.32 Å². The van der Waals surface area contributed by atoms with E-state index < -0.39 is 4.92 Å². The van der Waals surface area contributed by atoms with Gasteiger partial charge in [0.2, 0.25) is 0 Å². The van der Waals surface area contributed by atoms with Gasteiger partial charge in [-0.1, -0.05) is 19.3 Å². The van der Waals surface area contributed by atoms with Crippen LogP contribution in [0.5, 0.6) is 5.75 Å². The van der Waals surface area contributed by atoms with E-state index in [1.165, 1.54) is 29.6 Å². The summed E-state index contributed by atoms with van der Waals surface area (Å²) in [5.74, 6) is -0.429. The van der Waals surface area contributed by atoms with Crippen molar-refractivity contribution >= 4 is 34.1 Å². The molecule has 0 spiro atoms. The van der Waals surface area contributed by atoms with E-state index in [0.717, 1.165) is 56.9 Å². The number of benzene rings is 1. The summed E-state index contributed by atoms with van der Waals surface area (Å²) in [6.07, 6.45) is 11.1. The fourth-order valence-electron chi connectivity index (χ4n) is 4.28. The molecule has 1 saturated carbocycles. The molecule has 2 aromatic rings. The molecular formula is C22H25N3O4S. The summed E-state index contributed by atoms with van der Waals surface area (Å²) in [5, 5.41) is 24.6. The van der Waals surface area contributed by atoms with E-state index in [1.807, 2.05) is 0 Å². The van der Waals surface area contributed by atoms with Crippen LogP contribution < -0.4 is 5.32 Å². The number of carbonyl (C=O) groups is 1. The SMILES string of the molecule is O=C(NC1CCCCC1)c1c(N=Cc2ccc(O)c([N+](=O)[O-])c2)sc2c1CCCC2. The van der Waals surface area contributed by atoms with E-state index in [1.54, 1.807) is 17.4 Å². The summed E-state index contributed by atoms with van der Waals surface area (Å²) < 4.78 is 0. The topological polar surface area (TPSA) is 105 Å². The number of fused-ring (bicyclic) bond motifs is 1. The molecule has 30 heavy (non-hydrogen) atoms. The smallest absolute Gasteiger partial charge is 0.311 e. The summed E-state index contributed by atoms with van der Waals surface area (Å²) in [5.41, 5.74) is 1.93. The van der Waals surface area contributed by atoms with Crippen molar-refractivity contribution in [1.29, 1.82) is 0 Å². The first-order valence-corrected chi connectivity index (χ1v) is 11.3. The highest BCUT2D eigenvalue weighted by atomic mass is 32.1. The van der Waals surface area contributed by atoms with Gasteiger partial charge in [-0.3, -0.25) is 14.9 Å². The maximum Gasteiger partial charge on any atom is 0.311 e. The van der Waals surface area contributed by atoms with Crippen molar-refractivity contribution in [3.63, 3.8) is 0 Å².